The molecule has 5 heteroatoms. The molecule has 0 aliphatic heterocycles. The lowest BCUT2D eigenvalue weighted by atomic mass is 10.1. The fourth-order valence-electron chi connectivity index (χ4n) is 1.35. The molecule has 1 aromatic carbocycles. The van der Waals surface area contributed by atoms with E-state index in [1.807, 2.05) is 26.0 Å². The minimum atomic E-state index is -0.607. The minimum absolute atomic E-state index is 0.349. The summed E-state index contributed by atoms with van der Waals surface area (Å²) in [6.45, 7) is 5.59. The smallest absolute Gasteiger partial charge is 0.274 e. The average Bonchev–Trinajstić information content (AvgIpc) is 2.24. The quantitative estimate of drug-likeness (QED) is 0.506. The average molecular weight is 287 g/mol. The van der Waals surface area contributed by atoms with Gasteiger partial charge in [-0.2, -0.15) is 0 Å². The van der Waals surface area contributed by atoms with Crippen molar-refractivity contribution in [1.82, 2.24) is 5.43 Å². The Hall–Kier alpha value is -1.07. The number of carbonyl (C=O) groups is 1. The second kappa shape index (κ2) is 5.32. The molecule has 0 aliphatic rings. The minimum Gasteiger partial charge on any atom is -0.481 e. The van der Waals surface area contributed by atoms with Crippen LogP contribution in [-0.4, -0.2) is 12.0 Å². The number of amides is 1. The van der Waals surface area contributed by atoms with Crippen LogP contribution in [0.5, 0.6) is 5.75 Å². The van der Waals surface area contributed by atoms with Gasteiger partial charge in [0.05, 0.1) is 0 Å². The summed E-state index contributed by atoms with van der Waals surface area (Å²) in [6, 6.07) is 3.74. The topological polar surface area (TPSA) is 64.3 Å². The number of carbonyl (C=O) groups excluding carboxylic acids is 1. The van der Waals surface area contributed by atoms with Gasteiger partial charge in [-0.1, -0.05) is 15.9 Å². The van der Waals surface area contributed by atoms with E-state index in [0.29, 0.717) is 5.75 Å². The summed E-state index contributed by atoms with van der Waals surface area (Å²) < 4.78 is 6.52. The van der Waals surface area contributed by atoms with Crippen molar-refractivity contribution in [3.05, 3.63) is 27.7 Å². The largest absolute Gasteiger partial charge is 0.481 e. The van der Waals surface area contributed by atoms with Crippen molar-refractivity contribution in [1.29, 1.82) is 0 Å². The summed E-state index contributed by atoms with van der Waals surface area (Å²) in [7, 11) is 0. The molecule has 1 aromatic rings. The summed E-state index contributed by atoms with van der Waals surface area (Å²) in [5.74, 6) is 5.34. The van der Waals surface area contributed by atoms with E-state index in [0.717, 1.165) is 15.6 Å². The van der Waals surface area contributed by atoms with E-state index >= 15 is 0 Å². The molecule has 16 heavy (non-hydrogen) atoms. The number of halogens is 1. The number of nitrogens with two attached hydrogens (primary N) is 1. The van der Waals surface area contributed by atoms with Crippen molar-refractivity contribution in [2.75, 3.05) is 0 Å². The Kier molecular flexibility index (Phi) is 4.32. The first-order chi connectivity index (χ1) is 7.45. The molecule has 0 saturated carbocycles. The van der Waals surface area contributed by atoms with E-state index < -0.39 is 6.10 Å². The fraction of sp³-hybridized carbons (Fsp3) is 0.364. The molecule has 1 rings (SSSR count). The summed E-state index contributed by atoms with van der Waals surface area (Å²) in [5.41, 5.74) is 4.18. The molecule has 0 saturated heterocycles. The van der Waals surface area contributed by atoms with Gasteiger partial charge in [-0.05, 0) is 44.0 Å². The van der Waals surface area contributed by atoms with Crippen molar-refractivity contribution in [3.8, 4) is 5.75 Å². The van der Waals surface area contributed by atoms with Crippen LogP contribution in [0.4, 0.5) is 0 Å². The molecule has 0 aliphatic carbocycles. The van der Waals surface area contributed by atoms with Crippen molar-refractivity contribution >= 4 is 21.8 Å². The van der Waals surface area contributed by atoms with Gasteiger partial charge in [0.2, 0.25) is 0 Å². The SMILES string of the molecule is Cc1cc(OC(C)C(=O)NN)cc(C)c1Br. The van der Waals surface area contributed by atoms with Gasteiger partial charge in [-0.25, -0.2) is 5.84 Å². The maximum Gasteiger partial charge on any atom is 0.274 e. The predicted molar refractivity (Wildman–Crippen MR) is 66.0 cm³/mol. The van der Waals surface area contributed by atoms with E-state index in [9.17, 15) is 4.79 Å². The molecule has 1 unspecified atom stereocenters. The number of rotatable bonds is 3. The maximum atomic E-state index is 11.2. The van der Waals surface area contributed by atoms with Gasteiger partial charge in [-0.3, -0.25) is 10.2 Å². The van der Waals surface area contributed by atoms with Crippen molar-refractivity contribution in [2.45, 2.75) is 26.9 Å². The van der Waals surface area contributed by atoms with Gasteiger partial charge in [0.1, 0.15) is 5.75 Å². The lowest BCUT2D eigenvalue weighted by molar-refractivity contribution is -0.127. The molecule has 3 N–H and O–H groups in total. The van der Waals surface area contributed by atoms with Crippen molar-refractivity contribution in [3.63, 3.8) is 0 Å². The molecule has 0 heterocycles. The summed E-state index contributed by atoms with van der Waals surface area (Å²) in [4.78, 5) is 11.2. The molecule has 88 valence electrons. The Morgan fingerprint density at radius 3 is 2.38 bits per heavy atom. The second-order valence-electron chi connectivity index (χ2n) is 3.64. The van der Waals surface area contributed by atoms with Gasteiger partial charge in [0.15, 0.2) is 6.10 Å². The molecule has 0 bridgehead atoms. The summed E-state index contributed by atoms with van der Waals surface area (Å²) >= 11 is 3.47. The number of hydrogen-bond donors (Lipinski definition) is 2. The van der Waals surface area contributed by atoms with Crippen LogP contribution in [0.3, 0.4) is 0 Å². The highest BCUT2D eigenvalue weighted by Gasteiger charge is 2.13. The lowest BCUT2D eigenvalue weighted by Gasteiger charge is -2.14. The number of hydrogen-bond acceptors (Lipinski definition) is 3. The van der Waals surface area contributed by atoms with E-state index in [2.05, 4.69) is 21.4 Å². The van der Waals surface area contributed by atoms with Gasteiger partial charge in [-0.15, -0.1) is 0 Å². The lowest BCUT2D eigenvalue weighted by Crippen LogP contribution is -2.40. The van der Waals surface area contributed by atoms with Crippen LogP contribution < -0.4 is 16.0 Å². The standard InChI is InChI=1S/C11H15BrN2O2/c1-6-4-9(5-7(2)10(6)12)16-8(3)11(15)14-13/h4-5,8H,13H2,1-3H3,(H,14,15). The predicted octanol–water partition coefficient (Wildman–Crippen LogP) is 1.82. The second-order valence-corrected chi connectivity index (χ2v) is 4.43. The Labute approximate surface area is 103 Å². The number of nitrogens with one attached hydrogen (secondary N) is 1. The summed E-state index contributed by atoms with van der Waals surface area (Å²) in [6.07, 6.45) is -0.607. The fourth-order valence-corrected chi connectivity index (χ4v) is 1.58. The highest BCUT2D eigenvalue weighted by molar-refractivity contribution is 9.10. The highest BCUT2D eigenvalue weighted by atomic mass is 79.9. The highest BCUT2D eigenvalue weighted by Crippen LogP contribution is 2.26. The molecule has 0 radical (unpaired) electrons. The molecule has 0 aromatic heterocycles. The van der Waals surface area contributed by atoms with Crippen LogP contribution in [0.25, 0.3) is 0 Å². The molecule has 0 fully saturated rings. The zero-order valence-corrected chi connectivity index (χ0v) is 11.1. The Morgan fingerprint density at radius 1 is 1.44 bits per heavy atom. The van der Waals surface area contributed by atoms with Crippen molar-refractivity contribution < 1.29 is 9.53 Å². The Bertz CT molecular complexity index is 384. The maximum absolute atomic E-state index is 11.2. The number of aryl methyl sites for hydroxylation is 2. The third-order valence-corrected chi connectivity index (χ3v) is 3.49. The molecule has 1 amide bonds. The molecular weight excluding hydrogens is 272 g/mol. The van der Waals surface area contributed by atoms with Crippen LogP contribution >= 0.6 is 15.9 Å². The third kappa shape index (κ3) is 2.96. The van der Waals surface area contributed by atoms with Crippen LogP contribution in [0.2, 0.25) is 0 Å². The zero-order valence-electron chi connectivity index (χ0n) is 9.50. The Balaban J connectivity index is 2.86. The van der Waals surface area contributed by atoms with Gasteiger partial charge in [0.25, 0.3) is 5.91 Å². The number of ether oxygens (including phenoxy) is 1. The first-order valence-corrected chi connectivity index (χ1v) is 5.69. The van der Waals surface area contributed by atoms with E-state index in [1.54, 1.807) is 6.92 Å². The Morgan fingerprint density at radius 2 is 1.94 bits per heavy atom. The zero-order chi connectivity index (χ0) is 12.3. The van der Waals surface area contributed by atoms with Gasteiger partial charge in [0, 0.05) is 4.47 Å². The van der Waals surface area contributed by atoms with E-state index in [-0.39, 0.29) is 5.91 Å². The molecule has 4 nitrogen and oxygen atoms in total. The van der Waals surface area contributed by atoms with Crippen LogP contribution in [0.15, 0.2) is 16.6 Å². The van der Waals surface area contributed by atoms with E-state index in [1.165, 1.54) is 0 Å². The van der Waals surface area contributed by atoms with Crippen LogP contribution in [0.1, 0.15) is 18.1 Å². The van der Waals surface area contributed by atoms with Crippen molar-refractivity contribution in [2.24, 2.45) is 5.84 Å². The first kappa shape index (κ1) is 13.0. The van der Waals surface area contributed by atoms with Gasteiger partial charge < -0.3 is 4.74 Å². The molecule has 0 spiro atoms. The molecular formula is C11H15BrN2O2. The number of benzene rings is 1. The van der Waals surface area contributed by atoms with Crippen LogP contribution in [-0.2, 0) is 4.79 Å². The van der Waals surface area contributed by atoms with Crippen LogP contribution in [0, 0.1) is 13.8 Å². The first-order valence-electron chi connectivity index (χ1n) is 4.89. The summed E-state index contributed by atoms with van der Waals surface area (Å²) in [5, 5.41) is 0. The van der Waals surface area contributed by atoms with Gasteiger partial charge >= 0.3 is 0 Å². The monoisotopic (exact) mass is 286 g/mol. The van der Waals surface area contributed by atoms with E-state index in [4.69, 9.17) is 10.6 Å². The molecule has 1 atom stereocenters. The normalized spacial score (nSPS) is 12.1. The number of hydrazine groups is 1. The third-order valence-electron chi connectivity index (χ3n) is 2.23.